The summed E-state index contributed by atoms with van der Waals surface area (Å²) in [5, 5.41) is 13.8. The number of alkyl halides is 1. The first-order valence-electron chi connectivity index (χ1n) is 7.93. The van der Waals surface area contributed by atoms with Crippen LogP contribution in [0.2, 0.25) is 0 Å². The molecule has 3 fully saturated rings. The lowest BCUT2D eigenvalue weighted by atomic mass is 9.79. The number of halogens is 1. The monoisotopic (exact) mass is 325 g/mol. The van der Waals surface area contributed by atoms with E-state index in [2.05, 4.69) is 11.4 Å². The van der Waals surface area contributed by atoms with E-state index in [0.29, 0.717) is 12.3 Å². The molecule has 2 heterocycles. The lowest BCUT2D eigenvalue weighted by molar-refractivity contribution is -0.199. The van der Waals surface area contributed by atoms with Crippen LogP contribution in [0, 0.1) is 17.3 Å². The van der Waals surface area contributed by atoms with Crippen LogP contribution in [-0.2, 0) is 14.3 Å². The van der Waals surface area contributed by atoms with Gasteiger partial charge in [0.1, 0.15) is 6.10 Å². The fraction of sp³-hybridized carbons (Fsp3) is 0.750. The Morgan fingerprint density at radius 1 is 1.55 bits per heavy atom. The van der Waals surface area contributed by atoms with Crippen molar-refractivity contribution in [2.45, 2.75) is 49.9 Å². The number of aliphatic hydroxyl groups excluding tert-OH is 1. The smallest absolute Gasteiger partial charge is 0.337 e. The molecule has 2 aliphatic heterocycles. The molecule has 4 aliphatic rings. The van der Waals surface area contributed by atoms with Crippen LogP contribution >= 0.6 is 11.6 Å². The van der Waals surface area contributed by atoms with Gasteiger partial charge >= 0.3 is 5.97 Å². The van der Waals surface area contributed by atoms with Crippen molar-refractivity contribution in [1.29, 1.82) is 0 Å². The van der Waals surface area contributed by atoms with Crippen molar-refractivity contribution in [3.05, 3.63) is 12.2 Å². The van der Waals surface area contributed by atoms with Gasteiger partial charge in [-0.05, 0) is 25.7 Å². The standard InChI is InChI=1S/C16H20ClNO4/c1-14-10(7-8-17)12(20)18-15(14)13(21)22-16(14,15)11(19)9-5-3-2-4-6-9/h3,5,9-11,19H,2,4,6-8H2,1H3,(H,18,20)/t9?,10-,11-,14-,15?,16-/m0/s1. The van der Waals surface area contributed by atoms with Gasteiger partial charge in [0, 0.05) is 11.8 Å². The predicted molar refractivity (Wildman–Crippen MR) is 79.1 cm³/mol. The average molecular weight is 326 g/mol. The number of hydrogen-bond acceptors (Lipinski definition) is 4. The fourth-order valence-corrected chi connectivity index (χ4v) is 5.53. The topological polar surface area (TPSA) is 75.6 Å². The van der Waals surface area contributed by atoms with E-state index in [1.165, 1.54) is 0 Å². The molecule has 2 saturated heterocycles. The molecule has 22 heavy (non-hydrogen) atoms. The van der Waals surface area contributed by atoms with Crippen LogP contribution in [0.1, 0.15) is 32.6 Å². The number of aliphatic hydroxyl groups is 1. The van der Waals surface area contributed by atoms with Crippen LogP contribution in [0.3, 0.4) is 0 Å². The molecule has 0 aromatic rings. The molecule has 2 N–H and O–H groups in total. The van der Waals surface area contributed by atoms with Gasteiger partial charge in [-0.25, -0.2) is 4.79 Å². The van der Waals surface area contributed by atoms with E-state index in [4.69, 9.17) is 16.3 Å². The van der Waals surface area contributed by atoms with Crippen LogP contribution in [0.4, 0.5) is 0 Å². The summed E-state index contributed by atoms with van der Waals surface area (Å²) < 4.78 is 5.52. The van der Waals surface area contributed by atoms with E-state index in [1.54, 1.807) is 0 Å². The van der Waals surface area contributed by atoms with Crippen LogP contribution in [0.5, 0.6) is 0 Å². The summed E-state index contributed by atoms with van der Waals surface area (Å²) in [6.45, 7) is 1.88. The maximum absolute atomic E-state index is 12.2. The molecule has 120 valence electrons. The molecule has 6 heteroatoms. The molecule has 1 amide bonds. The van der Waals surface area contributed by atoms with Crippen LogP contribution in [0.15, 0.2) is 12.2 Å². The Morgan fingerprint density at radius 3 is 2.91 bits per heavy atom. The average Bonchev–Trinajstić information content (AvgIpc) is 2.74. The summed E-state index contributed by atoms with van der Waals surface area (Å²) in [6.07, 6.45) is 6.68. The molecule has 6 atom stereocenters. The highest BCUT2D eigenvalue weighted by atomic mass is 35.5. The van der Waals surface area contributed by atoms with Crippen LogP contribution in [-0.4, -0.2) is 40.1 Å². The SMILES string of the molecule is C[C@]12[C@@H](CCCl)C(=O)NC13C(=O)O[C@]32[C@@H](O)C1C=CCCC1. The lowest BCUT2D eigenvalue weighted by Gasteiger charge is -2.41. The molecule has 2 unspecified atom stereocenters. The fourth-order valence-electron chi connectivity index (χ4n) is 5.31. The Morgan fingerprint density at radius 2 is 2.32 bits per heavy atom. The minimum atomic E-state index is -1.04. The van der Waals surface area contributed by atoms with Gasteiger partial charge in [0.25, 0.3) is 0 Å². The first-order valence-corrected chi connectivity index (χ1v) is 8.47. The number of nitrogens with one attached hydrogen (secondary N) is 1. The van der Waals surface area contributed by atoms with Gasteiger partial charge in [-0.2, -0.15) is 0 Å². The third-order valence-electron chi connectivity index (χ3n) is 6.44. The Kier molecular flexibility index (Phi) is 2.81. The Labute approximate surface area is 134 Å². The van der Waals surface area contributed by atoms with Gasteiger partial charge in [0.15, 0.2) is 11.1 Å². The third-order valence-corrected chi connectivity index (χ3v) is 6.66. The number of carbonyl (C=O) groups is 2. The number of amides is 1. The summed E-state index contributed by atoms with van der Waals surface area (Å²) in [5.74, 6) is -0.651. The number of piperidine rings is 1. The number of fused-ring (bicyclic) bond motifs is 1. The van der Waals surface area contributed by atoms with Gasteiger partial charge in [-0.1, -0.05) is 19.1 Å². The van der Waals surface area contributed by atoms with Crippen molar-refractivity contribution in [3.63, 3.8) is 0 Å². The first-order chi connectivity index (χ1) is 10.5. The van der Waals surface area contributed by atoms with Crippen molar-refractivity contribution in [3.8, 4) is 0 Å². The number of hydrogen-bond donors (Lipinski definition) is 2. The van der Waals surface area contributed by atoms with E-state index < -0.39 is 34.5 Å². The highest BCUT2D eigenvalue weighted by Gasteiger charge is 3.05. The van der Waals surface area contributed by atoms with E-state index in [-0.39, 0.29) is 11.8 Å². The largest absolute Gasteiger partial charge is 0.450 e. The second kappa shape index (κ2) is 4.26. The predicted octanol–water partition coefficient (Wildman–Crippen LogP) is 1.13. The Bertz CT molecular complexity index is 593. The van der Waals surface area contributed by atoms with E-state index in [0.717, 1.165) is 19.3 Å². The maximum atomic E-state index is 12.2. The number of allylic oxidation sites excluding steroid dienone is 1. The molecule has 5 nitrogen and oxygen atoms in total. The van der Waals surface area contributed by atoms with Crippen LogP contribution < -0.4 is 5.32 Å². The molecular formula is C16H20ClNO4. The lowest BCUT2D eigenvalue weighted by Crippen LogP contribution is -2.65. The summed E-state index contributed by atoms with van der Waals surface area (Å²) in [6, 6.07) is 0. The van der Waals surface area contributed by atoms with Gasteiger partial charge < -0.3 is 15.2 Å². The zero-order chi connectivity index (χ0) is 15.8. The van der Waals surface area contributed by atoms with Crippen molar-refractivity contribution in [1.82, 2.24) is 5.32 Å². The molecular weight excluding hydrogens is 306 g/mol. The molecule has 1 spiro atoms. The van der Waals surface area contributed by atoms with Crippen molar-refractivity contribution >= 4 is 23.5 Å². The van der Waals surface area contributed by atoms with E-state index >= 15 is 0 Å². The minimum Gasteiger partial charge on any atom is -0.450 e. The minimum absolute atomic E-state index is 0.0327. The van der Waals surface area contributed by atoms with E-state index in [1.807, 2.05) is 13.0 Å². The number of carbonyl (C=O) groups excluding carboxylic acids is 2. The molecule has 1 saturated carbocycles. The maximum Gasteiger partial charge on any atom is 0.337 e. The normalized spacial score (nSPS) is 49.6. The molecule has 4 rings (SSSR count). The zero-order valence-electron chi connectivity index (χ0n) is 12.5. The zero-order valence-corrected chi connectivity index (χ0v) is 13.2. The second-order valence-electron chi connectivity index (χ2n) is 7.06. The van der Waals surface area contributed by atoms with Crippen molar-refractivity contribution in [2.24, 2.45) is 17.3 Å². The van der Waals surface area contributed by atoms with Gasteiger partial charge in [-0.3, -0.25) is 4.79 Å². The summed E-state index contributed by atoms with van der Waals surface area (Å²) in [7, 11) is 0. The van der Waals surface area contributed by atoms with Gasteiger partial charge in [0.2, 0.25) is 5.91 Å². The Balaban J connectivity index is 1.71. The van der Waals surface area contributed by atoms with Crippen molar-refractivity contribution < 1.29 is 19.4 Å². The van der Waals surface area contributed by atoms with E-state index in [9.17, 15) is 14.7 Å². The molecule has 2 aliphatic carbocycles. The number of esters is 1. The summed E-state index contributed by atoms with van der Waals surface area (Å²) >= 11 is 5.84. The second-order valence-corrected chi connectivity index (χ2v) is 7.44. The molecule has 0 aromatic heterocycles. The molecule has 0 aromatic carbocycles. The quantitative estimate of drug-likeness (QED) is 0.461. The Hall–Kier alpha value is -1.07. The number of rotatable bonds is 4. The highest BCUT2D eigenvalue weighted by Crippen LogP contribution is 2.82. The third kappa shape index (κ3) is 1.21. The molecule has 0 radical (unpaired) electrons. The van der Waals surface area contributed by atoms with Crippen molar-refractivity contribution in [2.75, 3.05) is 5.88 Å². The first kappa shape index (κ1) is 14.5. The van der Waals surface area contributed by atoms with Gasteiger partial charge in [-0.15, -0.1) is 11.6 Å². The summed E-state index contributed by atoms with van der Waals surface area (Å²) in [4.78, 5) is 24.4. The summed E-state index contributed by atoms with van der Waals surface area (Å²) in [5.41, 5.74) is -2.72. The van der Waals surface area contributed by atoms with Gasteiger partial charge in [0.05, 0.1) is 11.3 Å². The number of ether oxygens (including phenoxy) is 1. The van der Waals surface area contributed by atoms with Crippen LogP contribution in [0.25, 0.3) is 0 Å². The highest BCUT2D eigenvalue weighted by molar-refractivity contribution is 6.18. The molecule has 0 bridgehead atoms.